The molecule has 0 saturated heterocycles. The Morgan fingerprint density at radius 3 is 2.69 bits per heavy atom. The van der Waals surface area contributed by atoms with Gasteiger partial charge in [0.2, 0.25) is 0 Å². The highest BCUT2D eigenvalue weighted by Gasteiger charge is 2.16. The van der Waals surface area contributed by atoms with Crippen molar-refractivity contribution in [3.63, 3.8) is 0 Å². The molecule has 0 aliphatic heterocycles. The average Bonchev–Trinajstić information content (AvgIpc) is 2.07. The minimum atomic E-state index is -2.72. The van der Waals surface area contributed by atoms with Crippen LogP contribution in [0.5, 0.6) is 0 Å². The van der Waals surface area contributed by atoms with Crippen molar-refractivity contribution in [1.82, 2.24) is 4.98 Å². The van der Waals surface area contributed by atoms with E-state index in [1.165, 1.54) is 6.07 Å². The Morgan fingerprint density at radius 2 is 2.23 bits per heavy atom. The standard InChI is InChI=1S/C7H3BrClF2NO/c8-4-1-3(2-13)6(9)12-5(4)7(10)11/h1-2,7H. The number of nitrogens with zero attached hydrogens (tertiary/aromatic N) is 1. The molecule has 0 atom stereocenters. The molecule has 1 aromatic rings. The van der Waals surface area contributed by atoms with E-state index in [-0.39, 0.29) is 15.2 Å². The van der Waals surface area contributed by atoms with Gasteiger partial charge in [0.1, 0.15) is 10.8 Å². The summed E-state index contributed by atoms with van der Waals surface area (Å²) in [5.74, 6) is 0. The van der Waals surface area contributed by atoms with Crippen LogP contribution >= 0.6 is 27.5 Å². The predicted octanol–water partition coefficient (Wildman–Crippen LogP) is 3.25. The summed E-state index contributed by atoms with van der Waals surface area (Å²) >= 11 is 8.31. The molecule has 70 valence electrons. The summed E-state index contributed by atoms with van der Waals surface area (Å²) < 4.78 is 24.5. The van der Waals surface area contributed by atoms with E-state index in [1.807, 2.05) is 0 Å². The highest BCUT2D eigenvalue weighted by molar-refractivity contribution is 9.10. The zero-order valence-electron chi connectivity index (χ0n) is 6.10. The minimum absolute atomic E-state index is 0.0778. The van der Waals surface area contributed by atoms with Crippen molar-refractivity contribution in [2.75, 3.05) is 0 Å². The molecule has 13 heavy (non-hydrogen) atoms. The van der Waals surface area contributed by atoms with Crippen LogP contribution in [0.4, 0.5) is 8.78 Å². The highest BCUT2D eigenvalue weighted by atomic mass is 79.9. The fourth-order valence-corrected chi connectivity index (χ4v) is 1.43. The maximum Gasteiger partial charge on any atom is 0.281 e. The summed E-state index contributed by atoms with van der Waals surface area (Å²) in [4.78, 5) is 13.7. The van der Waals surface area contributed by atoms with Crippen molar-refractivity contribution in [3.05, 3.63) is 26.9 Å². The third kappa shape index (κ3) is 2.22. The molecule has 0 N–H and O–H groups in total. The molecular weight excluding hydrogens is 267 g/mol. The van der Waals surface area contributed by atoms with Gasteiger partial charge in [0.25, 0.3) is 6.43 Å². The molecule has 0 aliphatic carbocycles. The van der Waals surface area contributed by atoms with Crippen LogP contribution in [-0.2, 0) is 0 Å². The number of pyridine rings is 1. The third-order valence-corrected chi connectivity index (χ3v) is 2.26. The van der Waals surface area contributed by atoms with Gasteiger partial charge in [0.05, 0.1) is 5.56 Å². The van der Waals surface area contributed by atoms with Crippen LogP contribution < -0.4 is 0 Å². The van der Waals surface area contributed by atoms with E-state index in [0.29, 0.717) is 6.29 Å². The van der Waals surface area contributed by atoms with Crippen LogP contribution in [0.2, 0.25) is 5.15 Å². The number of carbonyl (C=O) groups is 1. The molecule has 0 fully saturated rings. The molecule has 0 spiro atoms. The van der Waals surface area contributed by atoms with E-state index >= 15 is 0 Å². The van der Waals surface area contributed by atoms with E-state index in [9.17, 15) is 13.6 Å². The summed E-state index contributed by atoms with van der Waals surface area (Å²) in [5.41, 5.74) is -0.381. The van der Waals surface area contributed by atoms with Crippen LogP contribution in [-0.4, -0.2) is 11.3 Å². The molecule has 1 aromatic heterocycles. The first kappa shape index (κ1) is 10.5. The third-order valence-electron chi connectivity index (χ3n) is 1.32. The topological polar surface area (TPSA) is 30.0 Å². The minimum Gasteiger partial charge on any atom is -0.298 e. The van der Waals surface area contributed by atoms with Gasteiger partial charge in [-0.3, -0.25) is 4.79 Å². The Balaban J connectivity index is 3.28. The zero-order valence-corrected chi connectivity index (χ0v) is 8.44. The van der Waals surface area contributed by atoms with E-state index in [2.05, 4.69) is 20.9 Å². The first-order valence-corrected chi connectivity index (χ1v) is 4.32. The molecule has 0 amide bonds. The monoisotopic (exact) mass is 269 g/mol. The number of hydrogen-bond donors (Lipinski definition) is 0. The van der Waals surface area contributed by atoms with E-state index in [1.54, 1.807) is 0 Å². The van der Waals surface area contributed by atoms with Gasteiger partial charge in [0, 0.05) is 4.47 Å². The lowest BCUT2D eigenvalue weighted by Gasteiger charge is -2.03. The number of aromatic nitrogens is 1. The van der Waals surface area contributed by atoms with Gasteiger partial charge in [0.15, 0.2) is 6.29 Å². The lowest BCUT2D eigenvalue weighted by atomic mass is 10.3. The number of rotatable bonds is 2. The van der Waals surface area contributed by atoms with Crippen LogP contribution in [0, 0.1) is 0 Å². The van der Waals surface area contributed by atoms with Crippen molar-refractivity contribution in [2.45, 2.75) is 6.43 Å². The molecule has 0 radical (unpaired) electrons. The molecule has 0 saturated carbocycles. The van der Waals surface area contributed by atoms with Gasteiger partial charge in [-0.25, -0.2) is 13.8 Å². The van der Waals surface area contributed by atoms with Gasteiger partial charge < -0.3 is 0 Å². The molecule has 2 nitrogen and oxygen atoms in total. The van der Waals surface area contributed by atoms with Gasteiger partial charge in [-0.15, -0.1) is 0 Å². The number of halogens is 4. The van der Waals surface area contributed by atoms with Gasteiger partial charge in [-0.2, -0.15) is 0 Å². The van der Waals surface area contributed by atoms with E-state index in [0.717, 1.165) is 0 Å². The molecule has 6 heteroatoms. The molecule has 1 heterocycles. The van der Waals surface area contributed by atoms with Crippen LogP contribution in [0.25, 0.3) is 0 Å². The second-order valence-corrected chi connectivity index (χ2v) is 3.37. The smallest absolute Gasteiger partial charge is 0.281 e. The zero-order chi connectivity index (χ0) is 10.0. The lowest BCUT2D eigenvalue weighted by Crippen LogP contribution is -1.96. The quantitative estimate of drug-likeness (QED) is 0.610. The Bertz CT molecular complexity index is 346. The largest absolute Gasteiger partial charge is 0.298 e. The van der Waals surface area contributed by atoms with Crippen LogP contribution in [0.15, 0.2) is 10.5 Å². The molecule has 0 aliphatic rings. The van der Waals surface area contributed by atoms with Crippen molar-refractivity contribution < 1.29 is 13.6 Å². The highest BCUT2D eigenvalue weighted by Crippen LogP contribution is 2.28. The first-order valence-electron chi connectivity index (χ1n) is 3.15. The summed E-state index contributed by atoms with van der Waals surface area (Å²) in [6.45, 7) is 0. The number of carbonyl (C=O) groups excluding carboxylic acids is 1. The maximum absolute atomic E-state index is 12.2. The van der Waals surface area contributed by atoms with Crippen LogP contribution in [0.3, 0.4) is 0 Å². The van der Waals surface area contributed by atoms with Crippen molar-refractivity contribution in [1.29, 1.82) is 0 Å². The molecule has 0 unspecified atom stereocenters. The SMILES string of the molecule is O=Cc1cc(Br)c(C(F)F)nc1Cl. The summed E-state index contributed by atoms with van der Waals surface area (Å²) in [7, 11) is 0. The predicted molar refractivity (Wildman–Crippen MR) is 47.3 cm³/mol. The lowest BCUT2D eigenvalue weighted by molar-refractivity contribution is 0.112. The fraction of sp³-hybridized carbons (Fsp3) is 0.143. The van der Waals surface area contributed by atoms with Crippen molar-refractivity contribution in [2.24, 2.45) is 0 Å². The Hall–Kier alpha value is -0.550. The van der Waals surface area contributed by atoms with Gasteiger partial charge in [-0.05, 0) is 22.0 Å². The normalized spacial score (nSPS) is 10.5. The van der Waals surface area contributed by atoms with E-state index < -0.39 is 12.1 Å². The number of hydrogen-bond acceptors (Lipinski definition) is 2. The average molecular weight is 270 g/mol. The van der Waals surface area contributed by atoms with E-state index in [4.69, 9.17) is 11.6 Å². The molecule has 1 rings (SSSR count). The Labute approximate surface area is 86.0 Å². The maximum atomic E-state index is 12.2. The van der Waals surface area contributed by atoms with Crippen molar-refractivity contribution >= 4 is 33.8 Å². The molecular formula is C7H3BrClF2NO. The van der Waals surface area contributed by atoms with Gasteiger partial charge >= 0.3 is 0 Å². The molecule has 0 bridgehead atoms. The Kier molecular flexibility index (Phi) is 3.33. The van der Waals surface area contributed by atoms with Crippen molar-refractivity contribution in [3.8, 4) is 0 Å². The van der Waals surface area contributed by atoms with Crippen LogP contribution in [0.1, 0.15) is 22.5 Å². The molecule has 0 aromatic carbocycles. The summed E-state index contributed by atoms with van der Waals surface area (Å²) in [6.07, 6.45) is -2.26. The fourth-order valence-electron chi connectivity index (χ4n) is 0.729. The Morgan fingerprint density at radius 1 is 1.62 bits per heavy atom. The second kappa shape index (κ2) is 4.11. The number of aldehydes is 1. The van der Waals surface area contributed by atoms with Gasteiger partial charge in [-0.1, -0.05) is 11.6 Å². The number of alkyl halides is 2. The summed E-state index contributed by atoms with van der Waals surface area (Å²) in [6, 6.07) is 1.21. The summed E-state index contributed by atoms with van der Waals surface area (Å²) in [5, 5.41) is -0.214. The first-order chi connectivity index (χ1) is 6.06. The second-order valence-electron chi connectivity index (χ2n) is 2.15.